The first-order valence-electron chi connectivity index (χ1n) is 5.03. The van der Waals surface area contributed by atoms with Crippen LogP contribution in [-0.2, 0) is 10.0 Å². The molecular formula is C11H16ClNO2S. The maximum absolute atomic E-state index is 12.0. The van der Waals surface area contributed by atoms with E-state index in [-0.39, 0.29) is 10.9 Å². The van der Waals surface area contributed by atoms with E-state index in [2.05, 4.69) is 4.72 Å². The van der Waals surface area contributed by atoms with E-state index in [1.165, 1.54) is 0 Å². The van der Waals surface area contributed by atoms with E-state index in [1.807, 2.05) is 6.92 Å². The number of halogens is 1. The smallest absolute Gasteiger partial charge is 0.209 e. The third kappa shape index (κ3) is 2.75. The molecule has 0 aliphatic heterocycles. The zero-order valence-corrected chi connectivity index (χ0v) is 11.4. The molecule has 0 aromatic heterocycles. The van der Waals surface area contributed by atoms with Crippen molar-refractivity contribution < 1.29 is 8.42 Å². The highest BCUT2D eigenvalue weighted by atomic mass is 35.5. The third-order valence-corrected chi connectivity index (χ3v) is 4.59. The summed E-state index contributed by atoms with van der Waals surface area (Å²) in [5.74, 6) is 0. The fourth-order valence-corrected chi connectivity index (χ4v) is 3.19. The van der Waals surface area contributed by atoms with Gasteiger partial charge in [0.05, 0.1) is 4.90 Å². The highest BCUT2D eigenvalue weighted by molar-refractivity contribution is 7.89. The fourth-order valence-electron chi connectivity index (χ4n) is 1.47. The van der Waals surface area contributed by atoms with Gasteiger partial charge in [-0.05, 0) is 44.9 Å². The Morgan fingerprint density at radius 2 is 1.81 bits per heavy atom. The van der Waals surface area contributed by atoms with Gasteiger partial charge in [-0.15, -0.1) is 0 Å². The lowest BCUT2D eigenvalue weighted by Gasteiger charge is -2.13. The second kappa shape index (κ2) is 4.73. The molecule has 0 unspecified atom stereocenters. The van der Waals surface area contributed by atoms with Crippen LogP contribution >= 0.6 is 11.6 Å². The summed E-state index contributed by atoms with van der Waals surface area (Å²) in [5, 5.41) is 0.506. The topological polar surface area (TPSA) is 46.2 Å². The lowest BCUT2D eigenvalue weighted by molar-refractivity contribution is 0.569. The van der Waals surface area contributed by atoms with E-state index >= 15 is 0 Å². The molecular weight excluding hydrogens is 246 g/mol. The number of aryl methyl sites for hydroxylation is 1. The normalized spacial score (nSPS) is 12.1. The number of nitrogens with one attached hydrogen (secondary N) is 1. The summed E-state index contributed by atoms with van der Waals surface area (Å²) in [5.41, 5.74) is 1.47. The van der Waals surface area contributed by atoms with Gasteiger partial charge in [0, 0.05) is 11.1 Å². The first-order chi connectivity index (χ1) is 7.25. The highest BCUT2D eigenvalue weighted by Gasteiger charge is 2.19. The summed E-state index contributed by atoms with van der Waals surface area (Å²) in [4.78, 5) is 0.247. The third-order valence-electron chi connectivity index (χ3n) is 2.21. The van der Waals surface area contributed by atoms with E-state index in [4.69, 9.17) is 11.6 Å². The summed E-state index contributed by atoms with van der Waals surface area (Å²) in [6.45, 7) is 7.12. The van der Waals surface area contributed by atoms with E-state index < -0.39 is 10.0 Å². The molecule has 0 heterocycles. The van der Waals surface area contributed by atoms with Crippen molar-refractivity contribution in [2.24, 2.45) is 0 Å². The molecule has 16 heavy (non-hydrogen) atoms. The molecule has 90 valence electrons. The van der Waals surface area contributed by atoms with Crippen LogP contribution < -0.4 is 4.72 Å². The number of benzene rings is 1. The molecule has 5 heteroatoms. The highest BCUT2D eigenvalue weighted by Crippen LogP contribution is 2.26. The van der Waals surface area contributed by atoms with Gasteiger partial charge in [0.25, 0.3) is 0 Å². The van der Waals surface area contributed by atoms with Gasteiger partial charge in [-0.25, -0.2) is 13.1 Å². The predicted octanol–water partition coefficient (Wildman–Crippen LogP) is 2.64. The maximum Gasteiger partial charge on any atom is 0.241 e. The summed E-state index contributed by atoms with van der Waals surface area (Å²) < 4.78 is 26.5. The Kier molecular flexibility index (Phi) is 3.99. The molecule has 1 N–H and O–H groups in total. The largest absolute Gasteiger partial charge is 0.241 e. The Hall–Kier alpha value is -0.580. The van der Waals surface area contributed by atoms with Crippen LogP contribution in [0.5, 0.6) is 0 Å². The average Bonchev–Trinajstić information content (AvgIpc) is 2.11. The molecule has 0 fully saturated rings. The molecule has 0 aliphatic carbocycles. The Morgan fingerprint density at radius 3 is 2.31 bits per heavy atom. The van der Waals surface area contributed by atoms with Gasteiger partial charge in [-0.1, -0.05) is 17.7 Å². The average molecular weight is 262 g/mol. The number of rotatable bonds is 3. The van der Waals surface area contributed by atoms with Crippen molar-refractivity contribution in [3.63, 3.8) is 0 Å². The molecule has 3 nitrogen and oxygen atoms in total. The van der Waals surface area contributed by atoms with Gasteiger partial charge < -0.3 is 0 Å². The molecule has 0 aliphatic rings. The number of hydrogen-bond acceptors (Lipinski definition) is 2. The lowest BCUT2D eigenvalue weighted by atomic mass is 10.1. The van der Waals surface area contributed by atoms with Crippen molar-refractivity contribution in [3.8, 4) is 0 Å². The minimum absolute atomic E-state index is 0.135. The fraction of sp³-hybridized carbons (Fsp3) is 0.455. The maximum atomic E-state index is 12.0. The number of hydrogen-bond donors (Lipinski definition) is 1. The van der Waals surface area contributed by atoms with Crippen LogP contribution in [0.1, 0.15) is 25.0 Å². The Bertz CT molecular complexity index is 495. The second-order valence-corrected chi connectivity index (χ2v) is 6.16. The van der Waals surface area contributed by atoms with Crippen molar-refractivity contribution in [3.05, 3.63) is 28.3 Å². The molecule has 0 amide bonds. The van der Waals surface area contributed by atoms with Crippen LogP contribution in [0.2, 0.25) is 5.02 Å². The standard InChI is InChI=1S/C11H16ClNO2S/c1-7(2)13-16(14,15)10-6-5-8(3)11(12)9(10)4/h5-7,13H,1-4H3. The quantitative estimate of drug-likeness (QED) is 0.909. The molecule has 0 spiro atoms. The van der Waals surface area contributed by atoms with Gasteiger partial charge in [0.2, 0.25) is 10.0 Å². The van der Waals surface area contributed by atoms with E-state index in [0.29, 0.717) is 10.6 Å². The van der Waals surface area contributed by atoms with E-state index in [1.54, 1.807) is 32.9 Å². The Labute approximate surface area is 102 Å². The van der Waals surface area contributed by atoms with E-state index in [9.17, 15) is 8.42 Å². The number of sulfonamides is 1. The molecule has 1 rings (SSSR count). The molecule has 1 aromatic rings. The van der Waals surface area contributed by atoms with Gasteiger partial charge in [0.15, 0.2) is 0 Å². The molecule has 0 radical (unpaired) electrons. The zero-order valence-electron chi connectivity index (χ0n) is 9.83. The Balaban J connectivity index is 3.30. The van der Waals surface area contributed by atoms with Gasteiger partial charge in [0.1, 0.15) is 0 Å². The first kappa shape index (κ1) is 13.5. The summed E-state index contributed by atoms with van der Waals surface area (Å²) in [6.07, 6.45) is 0. The lowest BCUT2D eigenvalue weighted by Crippen LogP contribution is -2.30. The first-order valence-corrected chi connectivity index (χ1v) is 6.90. The summed E-state index contributed by atoms with van der Waals surface area (Å²) in [7, 11) is -3.46. The van der Waals surface area contributed by atoms with Crippen LogP contribution in [0.15, 0.2) is 17.0 Å². The van der Waals surface area contributed by atoms with Gasteiger partial charge >= 0.3 is 0 Å². The van der Waals surface area contributed by atoms with Crippen LogP contribution in [-0.4, -0.2) is 14.5 Å². The summed E-state index contributed by atoms with van der Waals surface area (Å²) >= 11 is 6.03. The minimum atomic E-state index is -3.46. The van der Waals surface area contributed by atoms with Crippen molar-refractivity contribution in [1.82, 2.24) is 4.72 Å². The molecule has 0 bridgehead atoms. The van der Waals surface area contributed by atoms with Crippen LogP contribution in [0, 0.1) is 13.8 Å². The molecule has 0 saturated carbocycles. The predicted molar refractivity (Wildman–Crippen MR) is 66.4 cm³/mol. The van der Waals surface area contributed by atoms with Crippen molar-refractivity contribution in [2.45, 2.75) is 38.6 Å². The Morgan fingerprint density at radius 1 is 1.25 bits per heavy atom. The van der Waals surface area contributed by atoms with Gasteiger partial charge in [-0.2, -0.15) is 0 Å². The van der Waals surface area contributed by atoms with Crippen LogP contribution in [0.3, 0.4) is 0 Å². The van der Waals surface area contributed by atoms with Crippen molar-refractivity contribution >= 4 is 21.6 Å². The summed E-state index contributed by atoms with van der Waals surface area (Å²) in [6, 6.07) is 3.16. The molecule has 0 atom stereocenters. The SMILES string of the molecule is Cc1ccc(S(=O)(=O)NC(C)C)c(C)c1Cl. The molecule has 0 saturated heterocycles. The van der Waals surface area contributed by atoms with Crippen molar-refractivity contribution in [2.75, 3.05) is 0 Å². The van der Waals surface area contributed by atoms with Crippen molar-refractivity contribution in [1.29, 1.82) is 0 Å². The zero-order chi connectivity index (χ0) is 12.5. The minimum Gasteiger partial charge on any atom is -0.209 e. The van der Waals surface area contributed by atoms with Crippen LogP contribution in [0.4, 0.5) is 0 Å². The molecule has 1 aromatic carbocycles. The monoisotopic (exact) mass is 261 g/mol. The van der Waals surface area contributed by atoms with Gasteiger partial charge in [-0.3, -0.25) is 0 Å². The second-order valence-electron chi connectivity index (χ2n) is 4.10. The van der Waals surface area contributed by atoms with E-state index in [0.717, 1.165) is 5.56 Å². The van der Waals surface area contributed by atoms with Crippen LogP contribution in [0.25, 0.3) is 0 Å².